The molecule has 0 spiro atoms. The van der Waals surface area contributed by atoms with Gasteiger partial charge in [-0.15, -0.1) is 0 Å². The van der Waals surface area contributed by atoms with Gasteiger partial charge in [0, 0.05) is 5.70 Å². The smallest absolute Gasteiger partial charge is 0.0373 e. The Kier molecular flexibility index (Phi) is 13.8. The molecule has 0 aliphatic carbocycles. The van der Waals surface area contributed by atoms with Crippen LogP contribution in [0.5, 0.6) is 0 Å². The lowest BCUT2D eigenvalue weighted by Gasteiger charge is -1.96. The highest BCUT2D eigenvalue weighted by Gasteiger charge is 1.79. The van der Waals surface area contributed by atoms with E-state index in [9.17, 15) is 0 Å². The molecule has 0 aliphatic heterocycles. The highest BCUT2D eigenvalue weighted by molar-refractivity contribution is 5.21. The molecule has 0 amide bonds. The molecule has 1 N–H and O–H groups in total. The zero-order valence-electron chi connectivity index (χ0n) is 8.30. The van der Waals surface area contributed by atoms with Gasteiger partial charge >= 0.3 is 0 Å². The molecule has 0 aromatic rings. The standard InChI is InChI=1S/C9H13N.C2H6/c1-4-7-8-9(5-2)10-6-3;1-2/h4-8,10H,2-3H2,1H3;1-2H3/b7-4-,9-8+;. The van der Waals surface area contributed by atoms with Gasteiger partial charge in [0.05, 0.1) is 0 Å². The van der Waals surface area contributed by atoms with Gasteiger partial charge in [-0.2, -0.15) is 0 Å². The van der Waals surface area contributed by atoms with Crippen molar-refractivity contribution in [2.75, 3.05) is 0 Å². The van der Waals surface area contributed by atoms with Crippen molar-refractivity contribution in [1.29, 1.82) is 0 Å². The van der Waals surface area contributed by atoms with E-state index in [4.69, 9.17) is 0 Å². The van der Waals surface area contributed by atoms with Crippen molar-refractivity contribution in [1.82, 2.24) is 5.32 Å². The third-order valence-electron chi connectivity index (χ3n) is 0.957. The largest absolute Gasteiger partial charge is 0.362 e. The van der Waals surface area contributed by atoms with E-state index in [0.29, 0.717) is 0 Å². The number of nitrogens with one attached hydrogen (secondary N) is 1. The summed E-state index contributed by atoms with van der Waals surface area (Å²) in [7, 11) is 0. The molecule has 68 valence electrons. The van der Waals surface area contributed by atoms with Crippen LogP contribution in [0.1, 0.15) is 20.8 Å². The Morgan fingerprint density at radius 3 is 2.17 bits per heavy atom. The fourth-order valence-electron chi connectivity index (χ4n) is 0.493. The van der Waals surface area contributed by atoms with Crippen LogP contribution in [0.3, 0.4) is 0 Å². The quantitative estimate of drug-likeness (QED) is 0.630. The summed E-state index contributed by atoms with van der Waals surface area (Å²) in [6.45, 7) is 13.1. The number of allylic oxidation sites excluding steroid dienone is 4. The molecule has 0 atom stereocenters. The molecule has 0 aliphatic rings. The lowest BCUT2D eigenvalue weighted by molar-refractivity contribution is 1.12. The first kappa shape index (κ1) is 13.4. The monoisotopic (exact) mass is 165 g/mol. The van der Waals surface area contributed by atoms with Gasteiger partial charge < -0.3 is 5.32 Å². The molecule has 12 heavy (non-hydrogen) atoms. The summed E-state index contributed by atoms with van der Waals surface area (Å²) in [6, 6.07) is 0. The topological polar surface area (TPSA) is 12.0 Å². The summed E-state index contributed by atoms with van der Waals surface area (Å²) in [5.74, 6) is 0. The van der Waals surface area contributed by atoms with Crippen molar-refractivity contribution >= 4 is 0 Å². The van der Waals surface area contributed by atoms with Crippen molar-refractivity contribution in [3.8, 4) is 0 Å². The molecule has 0 heterocycles. The fourth-order valence-corrected chi connectivity index (χ4v) is 0.493. The first-order valence-corrected chi connectivity index (χ1v) is 4.18. The molecule has 1 nitrogen and oxygen atoms in total. The SMILES string of the molecule is C=CN/C(C=C)=C/C=C\C.CC. The molecule has 0 aromatic heterocycles. The molecule has 0 fully saturated rings. The highest BCUT2D eigenvalue weighted by atomic mass is 14.8. The minimum Gasteiger partial charge on any atom is -0.362 e. The van der Waals surface area contributed by atoms with Gasteiger partial charge in [0.2, 0.25) is 0 Å². The first-order chi connectivity index (χ1) is 5.85. The number of hydrogen-bond acceptors (Lipinski definition) is 1. The first-order valence-electron chi connectivity index (χ1n) is 4.18. The van der Waals surface area contributed by atoms with Crippen LogP contribution in [0.4, 0.5) is 0 Å². The van der Waals surface area contributed by atoms with Crippen molar-refractivity contribution in [2.45, 2.75) is 20.8 Å². The molecular weight excluding hydrogens is 146 g/mol. The van der Waals surface area contributed by atoms with E-state index < -0.39 is 0 Å². The van der Waals surface area contributed by atoms with Gasteiger partial charge in [-0.1, -0.05) is 39.2 Å². The van der Waals surface area contributed by atoms with Crippen LogP contribution < -0.4 is 5.32 Å². The summed E-state index contributed by atoms with van der Waals surface area (Å²) in [5, 5.41) is 2.92. The molecule has 0 saturated carbocycles. The zero-order chi connectivity index (χ0) is 9.82. The Morgan fingerprint density at radius 1 is 1.25 bits per heavy atom. The van der Waals surface area contributed by atoms with Gasteiger partial charge in [0.15, 0.2) is 0 Å². The van der Waals surface area contributed by atoms with E-state index in [-0.39, 0.29) is 0 Å². The van der Waals surface area contributed by atoms with E-state index in [1.807, 2.05) is 39.0 Å². The highest BCUT2D eigenvalue weighted by Crippen LogP contribution is 1.89. The molecular formula is C11H19N. The van der Waals surface area contributed by atoms with Gasteiger partial charge in [0.25, 0.3) is 0 Å². The van der Waals surface area contributed by atoms with Crippen molar-refractivity contribution in [2.24, 2.45) is 0 Å². The van der Waals surface area contributed by atoms with Crippen LogP contribution in [0, 0.1) is 0 Å². The summed E-state index contributed by atoms with van der Waals surface area (Å²) in [4.78, 5) is 0. The van der Waals surface area contributed by atoms with Gasteiger partial charge in [-0.05, 0) is 25.3 Å². The zero-order valence-corrected chi connectivity index (χ0v) is 8.30. The lowest BCUT2D eigenvalue weighted by Crippen LogP contribution is -1.99. The lowest BCUT2D eigenvalue weighted by atomic mass is 10.3. The predicted octanol–water partition coefficient (Wildman–Crippen LogP) is 3.39. The Hall–Kier alpha value is -1.24. The summed E-state index contributed by atoms with van der Waals surface area (Å²) in [5.41, 5.74) is 0.952. The maximum Gasteiger partial charge on any atom is 0.0373 e. The van der Waals surface area contributed by atoms with Crippen LogP contribution in [0.25, 0.3) is 0 Å². The molecule has 0 rings (SSSR count). The average Bonchev–Trinajstić information content (AvgIpc) is 2.15. The summed E-state index contributed by atoms with van der Waals surface area (Å²) < 4.78 is 0. The fraction of sp³-hybridized carbons (Fsp3) is 0.273. The Labute approximate surface area is 76.2 Å². The van der Waals surface area contributed by atoms with Crippen LogP contribution >= 0.6 is 0 Å². The molecule has 0 radical (unpaired) electrons. The second-order valence-corrected chi connectivity index (χ2v) is 1.70. The Morgan fingerprint density at radius 2 is 1.83 bits per heavy atom. The normalized spacial score (nSPS) is 10.1. The maximum atomic E-state index is 3.62. The van der Waals surface area contributed by atoms with Gasteiger partial charge in [-0.3, -0.25) is 0 Å². The molecule has 1 heteroatoms. The minimum absolute atomic E-state index is 0.952. The Bertz CT molecular complexity index is 164. The molecule has 0 aromatic carbocycles. The van der Waals surface area contributed by atoms with E-state index >= 15 is 0 Å². The average molecular weight is 165 g/mol. The van der Waals surface area contributed by atoms with Crippen LogP contribution in [-0.2, 0) is 0 Å². The minimum atomic E-state index is 0.952. The van der Waals surface area contributed by atoms with Crippen molar-refractivity contribution in [3.63, 3.8) is 0 Å². The number of hydrogen-bond donors (Lipinski definition) is 1. The van der Waals surface area contributed by atoms with Crippen molar-refractivity contribution in [3.05, 3.63) is 49.4 Å². The molecule has 0 unspecified atom stereocenters. The third-order valence-corrected chi connectivity index (χ3v) is 0.957. The van der Waals surface area contributed by atoms with Crippen molar-refractivity contribution < 1.29 is 0 Å². The maximum absolute atomic E-state index is 3.62. The molecule has 0 bridgehead atoms. The second-order valence-electron chi connectivity index (χ2n) is 1.70. The summed E-state index contributed by atoms with van der Waals surface area (Å²) in [6.07, 6.45) is 9.18. The van der Waals surface area contributed by atoms with E-state index in [1.165, 1.54) is 0 Å². The van der Waals surface area contributed by atoms with E-state index in [0.717, 1.165) is 5.70 Å². The van der Waals surface area contributed by atoms with Gasteiger partial charge in [0.1, 0.15) is 0 Å². The molecule has 0 saturated heterocycles. The third kappa shape index (κ3) is 8.76. The van der Waals surface area contributed by atoms with Crippen LogP contribution in [-0.4, -0.2) is 0 Å². The van der Waals surface area contributed by atoms with E-state index in [2.05, 4.69) is 18.5 Å². The summed E-state index contributed by atoms with van der Waals surface area (Å²) >= 11 is 0. The Balaban J connectivity index is 0. The second kappa shape index (κ2) is 12.4. The van der Waals surface area contributed by atoms with E-state index in [1.54, 1.807) is 12.3 Å². The van der Waals surface area contributed by atoms with Crippen LogP contribution in [0.2, 0.25) is 0 Å². The van der Waals surface area contributed by atoms with Gasteiger partial charge in [-0.25, -0.2) is 0 Å². The predicted molar refractivity (Wildman–Crippen MR) is 57.8 cm³/mol. The van der Waals surface area contributed by atoms with Crippen LogP contribution in [0.15, 0.2) is 49.4 Å². The number of rotatable bonds is 4.